The van der Waals surface area contributed by atoms with Crippen molar-refractivity contribution in [2.45, 2.75) is 44.8 Å². The van der Waals surface area contributed by atoms with Gasteiger partial charge >= 0.3 is 0 Å². The Morgan fingerprint density at radius 2 is 2.20 bits per heavy atom. The summed E-state index contributed by atoms with van der Waals surface area (Å²) in [6.07, 6.45) is 2.58. The molecule has 0 aromatic carbocycles. The highest BCUT2D eigenvalue weighted by molar-refractivity contribution is 5.01. The number of hydrogen-bond acceptors (Lipinski definition) is 2. The SMILES string of the molecule is CCC(C)C1(N)CC(O)C1. The molecular weight excluding hydrogens is 126 g/mol. The Hall–Kier alpha value is -0.0800. The van der Waals surface area contributed by atoms with E-state index < -0.39 is 0 Å². The summed E-state index contributed by atoms with van der Waals surface area (Å²) in [7, 11) is 0. The molecule has 1 saturated carbocycles. The second kappa shape index (κ2) is 2.51. The van der Waals surface area contributed by atoms with Crippen LogP contribution in [0.25, 0.3) is 0 Å². The van der Waals surface area contributed by atoms with Crippen molar-refractivity contribution in [2.24, 2.45) is 11.7 Å². The first-order valence-electron chi connectivity index (χ1n) is 4.05. The van der Waals surface area contributed by atoms with Gasteiger partial charge in [-0.2, -0.15) is 0 Å². The average Bonchev–Trinajstić information content (AvgIpc) is 1.83. The standard InChI is InChI=1S/C8H17NO/c1-3-6(2)8(9)4-7(10)5-8/h6-7,10H,3-5,9H2,1-2H3. The zero-order chi connectivity index (χ0) is 7.78. The molecule has 0 spiro atoms. The molecule has 0 bridgehead atoms. The summed E-state index contributed by atoms with van der Waals surface area (Å²) in [5, 5.41) is 9.05. The van der Waals surface area contributed by atoms with Crippen LogP contribution >= 0.6 is 0 Å². The van der Waals surface area contributed by atoms with Gasteiger partial charge in [-0.1, -0.05) is 20.3 Å². The van der Waals surface area contributed by atoms with E-state index in [0.717, 1.165) is 19.3 Å². The number of nitrogens with two attached hydrogens (primary N) is 1. The highest BCUT2D eigenvalue weighted by atomic mass is 16.3. The minimum atomic E-state index is -0.126. The molecule has 0 aromatic heterocycles. The highest BCUT2D eigenvalue weighted by Crippen LogP contribution is 2.37. The van der Waals surface area contributed by atoms with Gasteiger partial charge in [0, 0.05) is 5.54 Å². The molecule has 3 N–H and O–H groups in total. The monoisotopic (exact) mass is 143 g/mol. The quantitative estimate of drug-likeness (QED) is 0.603. The molecule has 60 valence electrons. The lowest BCUT2D eigenvalue weighted by Gasteiger charge is -2.46. The number of rotatable bonds is 2. The number of aliphatic hydroxyl groups is 1. The Balaban J connectivity index is 2.40. The smallest absolute Gasteiger partial charge is 0.0575 e. The molecule has 2 nitrogen and oxygen atoms in total. The van der Waals surface area contributed by atoms with Gasteiger partial charge in [0.25, 0.3) is 0 Å². The fourth-order valence-electron chi connectivity index (χ4n) is 1.63. The molecule has 2 heteroatoms. The van der Waals surface area contributed by atoms with Gasteiger partial charge in [-0.3, -0.25) is 0 Å². The third-order valence-corrected chi connectivity index (χ3v) is 2.83. The van der Waals surface area contributed by atoms with Crippen molar-refractivity contribution in [1.29, 1.82) is 0 Å². The van der Waals surface area contributed by atoms with Crippen LogP contribution in [0.15, 0.2) is 0 Å². The summed E-state index contributed by atoms with van der Waals surface area (Å²) in [6.45, 7) is 4.30. The lowest BCUT2D eigenvalue weighted by atomic mass is 9.67. The minimum absolute atomic E-state index is 0.0475. The van der Waals surface area contributed by atoms with Crippen molar-refractivity contribution < 1.29 is 5.11 Å². The predicted octanol–water partition coefficient (Wildman–Crippen LogP) is 0.885. The van der Waals surface area contributed by atoms with Gasteiger partial charge in [0.2, 0.25) is 0 Å². The molecule has 0 aromatic rings. The first-order valence-corrected chi connectivity index (χ1v) is 4.05. The van der Waals surface area contributed by atoms with E-state index in [2.05, 4.69) is 13.8 Å². The lowest BCUT2D eigenvalue weighted by molar-refractivity contribution is -0.00520. The topological polar surface area (TPSA) is 46.2 Å². The van der Waals surface area contributed by atoms with Gasteiger partial charge in [0.1, 0.15) is 0 Å². The van der Waals surface area contributed by atoms with Crippen LogP contribution in [0.2, 0.25) is 0 Å². The van der Waals surface area contributed by atoms with Crippen LogP contribution in [0, 0.1) is 5.92 Å². The molecule has 0 radical (unpaired) electrons. The van der Waals surface area contributed by atoms with E-state index in [9.17, 15) is 0 Å². The van der Waals surface area contributed by atoms with Gasteiger partial charge in [-0.05, 0) is 18.8 Å². The Labute approximate surface area is 62.4 Å². The molecule has 1 unspecified atom stereocenters. The second-order valence-corrected chi connectivity index (χ2v) is 3.60. The summed E-state index contributed by atoms with van der Waals surface area (Å²) in [4.78, 5) is 0. The van der Waals surface area contributed by atoms with Gasteiger partial charge in [0.15, 0.2) is 0 Å². The zero-order valence-electron chi connectivity index (χ0n) is 6.80. The predicted molar refractivity (Wildman–Crippen MR) is 41.6 cm³/mol. The molecule has 1 fully saturated rings. The maximum absolute atomic E-state index is 9.05. The average molecular weight is 143 g/mol. The molecule has 10 heavy (non-hydrogen) atoms. The third-order valence-electron chi connectivity index (χ3n) is 2.83. The fraction of sp³-hybridized carbons (Fsp3) is 1.00. The second-order valence-electron chi connectivity index (χ2n) is 3.60. The van der Waals surface area contributed by atoms with Crippen LogP contribution in [0.1, 0.15) is 33.1 Å². The Bertz CT molecular complexity index is 118. The van der Waals surface area contributed by atoms with Crippen LogP contribution in [0.5, 0.6) is 0 Å². The first kappa shape index (κ1) is 8.02. The van der Waals surface area contributed by atoms with E-state index in [0.29, 0.717) is 5.92 Å². The van der Waals surface area contributed by atoms with Crippen molar-refractivity contribution in [1.82, 2.24) is 0 Å². The Morgan fingerprint density at radius 1 is 1.70 bits per heavy atom. The van der Waals surface area contributed by atoms with Crippen LogP contribution in [-0.4, -0.2) is 16.7 Å². The molecule has 0 saturated heterocycles. The van der Waals surface area contributed by atoms with Gasteiger partial charge in [-0.25, -0.2) is 0 Å². The Kier molecular flexibility index (Phi) is 2.02. The van der Waals surface area contributed by atoms with Gasteiger partial charge in [0.05, 0.1) is 6.10 Å². The Morgan fingerprint density at radius 3 is 2.50 bits per heavy atom. The molecule has 0 amide bonds. The van der Waals surface area contributed by atoms with Crippen molar-refractivity contribution in [3.05, 3.63) is 0 Å². The maximum Gasteiger partial charge on any atom is 0.0575 e. The van der Waals surface area contributed by atoms with Crippen molar-refractivity contribution in [3.63, 3.8) is 0 Å². The van der Waals surface area contributed by atoms with E-state index in [1.807, 2.05) is 0 Å². The summed E-state index contributed by atoms with van der Waals surface area (Å²) in [5.41, 5.74) is 5.94. The first-order chi connectivity index (χ1) is 4.58. The van der Waals surface area contributed by atoms with Crippen LogP contribution in [-0.2, 0) is 0 Å². The van der Waals surface area contributed by atoms with Gasteiger partial charge in [-0.15, -0.1) is 0 Å². The number of hydrogen-bond donors (Lipinski definition) is 2. The van der Waals surface area contributed by atoms with E-state index in [-0.39, 0.29) is 11.6 Å². The zero-order valence-corrected chi connectivity index (χ0v) is 6.80. The molecule has 1 rings (SSSR count). The molecule has 1 aliphatic rings. The van der Waals surface area contributed by atoms with Crippen molar-refractivity contribution in [2.75, 3.05) is 0 Å². The van der Waals surface area contributed by atoms with Gasteiger partial charge < -0.3 is 10.8 Å². The van der Waals surface area contributed by atoms with E-state index in [4.69, 9.17) is 10.8 Å². The fourth-order valence-corrected chi connectivity index (χ4v) is 1.63. The van der Waals surface area contributed by atoms with Crippen LogP contribution in [0.4, 0.5) is 0 Å². The third kappa shape index (κ3) is 1.18. The minimum Gasteiger partial charge on any atom is -0.393 e. The molecule has 0 aliphatic heterocycles. The molecular formula is C8H17NO. The largest absolute Gasteiger partial charge is 0.393 e. The van der Waals surface area contributed by atoms with Crippen LogP contribution in [0.3, 0.4) is 0 Å². The summed E-state index contributed by atoms with van der Waals surface area (Å²) < 4.78 is 0. The normalized spacial score (nSPS) is 42.6. The van der Waals surface area contributed by atoms with E-state index in [1.54, 1.807) is 0 Å². The van der Waals surface area contributed by atoms with Crippen LogP contribution < -0.4 is 5.73 Å². The number of aliphatic hydroxyl groups excluding tert-OH is 1. The summed E-state index contributed by atoms with van der Waals surface area (Å²) >= 11 is 0. The van der Waals surface area contributed by atoms with E-state index in [1.165, 1.54) is 0 Å². The highest BCUT2D eigenvalue weighted by Gasteiger charge is 2.43. The summed E-state index contributed by atoms with van der Waals surface area (Å²) in [6, 6.07) is 0. The molecule has 1 aliphatic carbocycles. The maximum atomic E-state index is 9.05. The summed E-state index contributed by atoms with van der Waals surface area (Å²) in [5.74, 6) is 0.552. The van der Waals surface area contributed by atoms with E-state index >= 15 is 0 Å². The van der Waals surface area contributed by atoms with Crippen molar-refractivity contribution in [3.8, 4) is 0 Å². The lowest BCUT2D eigenvalue weighted by Crippen LogP contribution is -2.58. The van der Waals surface area contributed by atoms with Crippen molar-refractivity contribution >= 4 is 0 Å². The molecule has 1 atom stereocenters. The molecule has 0 heterocycles.